The summed E-state index contributed by atoms with van der Waals surface area (Å²) in [5.41, 5.74) is 7.22. The molecule has 1 aliphatic rings. The summed E-state index contributed by atoms with van der Waals surface area (Å²) in [5.74, 6) is 0.610. The third-order valence-corrected chi connectivity index (χ3v) is 2.73. The van der Waals surface area contributed by atoms with Crippen LogP contribution in [-0.4, -0.2) is 6.04 Å². The van der Waals surface area contributed by atoms with Crippen LogP contribution in [0.25, 0.3) is 0 Å². The van der Waals surface area contributed by atoms with Crippen molar-refractivity contribution in [2.75, 3.05) is 0 Å². The van der Waals surface area contributed by atoms with E-state index in [-0.39, 0.29) is 0 Å². The third-order valence-electron chi connectivity index (χ3n) is 2.73. The molecule has 86 valence electrons. The molecular weight excluding hydrogens is 182 g/mol. The smallest absolute Gasteiger partial charge is 0.00446 e. The molecule has 1 aliphatic carbocycles. The quantitative estimate of drug-likeness (QED) is 0.699. The zero-order valence-corrected chi connectivity index (χ0v) is 10.2. The summed E-state index contributed by atoms with van der Waals surface area (Å²) in [6.07, 6.45) is 10.6. The largest absolute Gasteiger partial charge is 0.328 e. The van der Waals surface area contributed by atoms with Gasteiger partial charge in [0.1, 0.15) is 0 Å². The first-order valence-electron chi connectivity index (χ1n) is 5.98. The van der Waals surface area contributed by atoms with Crippen LogP contribution in [0.3, 0.4) is 0 Å². The topological polar surface area (TPSA) is 26.0 Å². The Bertz CT molecular complexity index is 215. The fourth-order valence-corrected chi connectivity index (χ4v) is 2.04. The molecule has 0 heterocycles. The first kappa shape index (κ1) is 14.2. The lowest BCUT2D eigenvalue weighted by Crippen LogP contribution is -2.28. The molecule has 0 radical (unpaired) electrons. The molecule has 1 fully saturated rings. The molecule has 0 aromatic heterocycles. The van der Waals surface area contributed by atoms with Crippen LogP contribution in [0.2, 0.25) is 0 Å². The lowest BCUT2D eigenvalue weighted by atomic mass is 9.81. The fourth-order valence-electron chi connectivity index (χ4n) is 2.04. The Kier molecular flexibility index (Phi) is 8.02. The maximum absolute atomic E-state index is 5.93. The highest BCUT2D eigenvalue weighted by Crippen LogP contribution is 2.29. The van der Waals surface area contributed by atoms with Gasteiger partial charge in [0.2, 0.25) is 0 Å². The summed E-state index contributed by atoms with van der Waals surface area (Å²) in [4.78, 5) is 0. The van der Waals surface area contributed by atoms with Crippen molar-refractivity contribution < 1.29 is 0 Å². The molecule has 0 spiro atoms. The van der Waals surface area contributed by atoms with Crippen LogP contribution < -0.4 is 5.73 Å². The predicted molar refractivity (Wildman–Crippen MR) is 69.8 cm³/mol. The van der Waals surface area contributed by atoms with Crippen LogP contribution >= 0.6 is 0 Å². The number of hydrogen-bond acceptors (Lipinski definition) is 1. The van der Waals surface area contributed by atoms with E-state index in [2.05, 4.69) is 19.2 Å². The van der Waals surface area contributed by atoms with Crippen LogP contribution in [0, 0.1) is 5.92 Å². The molecule has 2 atom stereocenters. The Labute approximate surface area is 94.8 Å². The van der Waals surface area contributed by atoms with Gasteiger partial charge in [-0.15, -0.1) is 0 Å². The molecule has 2 N–H and O–H groups in total. The van der Waals surface area contributed by atoms with Crippen molar-refractivity contribution in [3.8, 4) is 0 Å². The Morgan fingerprint density at radius 2 is 1.93 bits per heavy atom. The first-order chi connectivity index (χ1) is 7.27. The number of rotatable bonds is 3. The molecule has 1 heteroatoms. The zero-order chi connectivity index (χ0) is 11.7. The van der Waals surface area contributed by atoms with E-state index < -0.39 is 0 Å². The molecule has 1 nitrogen and oxygen atoms in total. The van der Waals surface area contributed by atoms with Gasteiger partial charge in [-0.3, -0.25) is 0 Å². The molecule has 1 saturated carbocycles. The second-order valence-electron chi connectivity index (χ2n) is 3.73. The van der Waals surface area contributed by atoms with Crippen molar-refractivity contribution in [3.05, 3.63) is 37.0 Å². The molecule has 0 bridgehead atoms. The highest BCUT2D eigenvalue weighted by molar-refractivity contribution is 5.24. The molecule has 0 amide bonds. The molecule has 0 aromatic rings. The van der Waals surface area contributed by atoms with E-state index in [1.807, 2.05) is 26.0 Å². The zero-order valence-electron chi connectivity index (χ0n) is 10.2. The Morgan fingerprint density at radius 1 is 1.27 bits per heavy atom. The van der Waals surface area contributed by atoms with Crippen LogP contribution in [-0.2, 0) is 0 Å². The molecule has 2 unspecified atom stereocenters. The van der Waals surface area contributed by atoms with E-state index in [0.717, 1.165) is 6.42 Å². The molecule has 1 rings (SSSR count). The molecule has 0 aromatic carbocycles. The Hall–Kier alpha value is -0.820. The van der Waals surface area contributed by atoms with Gasteiger partial charge < -0.3 is 5.73 Å². The SMILES string of the molecule is C=C/C=C(\C=C)C1CCCC(N)C1.CC. The summed E-state index contributed by atoms with van der Waals surface area (Å²) in [7, 11) is 0. The standard InChI is InChI=1S/C12H19N.C2H6/c1-3-6-10(4-2)11-7-5-8-12(13)9-11;1-2/h3-4,6,11-12H,1-2,5,7-9,13H2;1-2H3/b10-6+;. The van der Waals surface area contributed by atoms with Gasteiger partial charge in [-0.2, -0.15) is 0 Å². The minimum atomic E-state index is 0.381. The summed E-state index contributed by atoms with van der Waals surface area (Å²) >= 11 is 0. The Balaban J connectivity index is 0.000000921. The van der Waals surface area contributed by atoms with Crippen LogP contribution in [0.5, 0.6) is 0 Å². The minimum Gasteiger partial charge on any atom is -0.328 e. The third kappa shape index (κ3) is 4.98. The lowest BCUT2D eigenvalue weighted by Gasteiger charge is -2.27. The maximum Gasteiger partial charge on any atom is 0.00446 e. The highest BCUT2D eigenvalue weighted by atomic mass is 14.6. The minimum absolute atomic E-state index is 0.381. The molecule has 0 aliphatic heterocycles. The van der Waals surface area contributed by atoms with Crippen LogP contribution in [0.1, 0.15) is 39.5 Å². The van der Waals surface area contributed by atoms with Crippen molar-refractivity contribution in [2.45, 2.75) is 45.6 Å². The normalized spacial score (nSPS) is 26.2. The average Bonchev–Trinajstić information content (AvgIpc) is 2.28. The van der Waals surface area contributed by atoms with Crippen molar-refractivity contribution >= 4 is 0 Å². The van der Waals surface area contributed by atoms with E-state index in [0.29, 0.717) is 12.0 Å². The molecule has 0 saturated heterocycles. The number of nitrogens with two attached hydrogens (primary N) is 1. The predicted octanol–water partition coefficient (Wildman–Crippen LogP) is 3.83. The second kappa shape index (κ2) is 8.49. The number of hydrogen-bond donors (Lipinski definition) is 1. The monoisotopic (exact) mass is 207 g/mol. The van der Waals surface area contributed by atoms with Gasteiger partial charge in [-0.25, -0.2) is 0 Å². The van der Waals surface area contributed by atoms with Crippen LogP contribution in [0.4, 0.5) is 0 Å². The summed E-state index contributed by atoms with van der Waals surface area (Å²) in [5, 5.41) is 0. The van der Waals surface area contributed by atoms with Gasteiger partial charge in [-0.05, 0) is 30.8 Å². The van der Waals surface area contributed by atoms with E-state index >= 15 is 0 Å². The van der Waals surface area contributed by atoms with E-state index in [9.17, 15) is 0 Å². The number of allylic oxidation sites excluding steroid dienone is 4. The second-order valence-corrected chi connectivity index (χ2v) is 3.73. The summed E-state index contributed by atoms with van der Waals surface area (Å²) in [6.45, 7) is 11.5. The molecular formula is C14H25N. The van der Waals surface area contributed by atoms with Gasteiger partial charge in [0.05, 0.1) is 0 Å². The van der Waals surface area contributed by atoms with Gasteiger partial charge in [0, 0.05) is 6.04 Å². The van der Waals surface area contributed by atoms with Crippen molar-refractivity contribution in [1.82, 2.24) is 0 Å². The average molecular weight is 207 g/mol. The van der Waals surface area contributed by atoms with E-state index in [4.69, 9.17) is 5.73 Å². The van der Waals surface area contributed by atoms with Crippen molar-refractivity contribution in [1.29, 1.82) is 0 Å². The highest BCUT2D eigenvalue weighted by Gasteiger charge is 2.20. The lowest BCUT2D eigenvalue weighted by molar-refractivity contribution is 0.363. The van der Waals surface area contributed by atoms with E-state index in [1.54, 1.807) is 0 Å². The van der Waals surface area contributed by atoms with Crippen molar-refractivity contribution in [3.63, 3.8) is 0 Å². The van der Waals surface area contributed by atoms with Crippen molar-refractivity contribution in [2.24, 2.45) is 11.7 Å². The van der Waals surface area contributed by atoms with Gasteiger partial charge >= 0.3 is 0 Å². The first-order valence-corrected chi connectivity index (χ1v) is 5.98. The van der Waals surface area contributed by atoms with Crippen LogP contribution in [0.15, 0.2) is 37.0 Å². The fraction of sp³-hybridized carbons (Fsp3) is 0.571. The van der Waals surface area contributed by atoms with Gasteiger partial charge in [0.25, 0.3) is 0 Å². The molecule has 15 heavy (non-hydrogen) atoms. The van der Waals surface area contributed by atoms with Gasteiger partial charge in [0.15, 0.2) is 0 Å². The summed E-state index contributed by atoms with van der Waals surface area (Å²) < 4.78 is 0. The maximum atomic E-state index is 5.93. The summed E-state index contributed by atoms with van der Waals surface area (Å²) in [6, 6.07) is 0.381. The van der Waals surface area contributed by atoms with Gasteiger partial charge in [-0.1, -0.05) is 51.7 Å². The van der Waals surface area contributed by atoms with E-state index in [1.165, 1.54) is 24.8 Å². The Morgan fingerprint density at radius 3 is 2.40 bits per heavy atom.